The molecule has 2 aromatic carbocycles. The molecule has 1 heterocycles. The first-order valence-electron chi connectivity index (χ1n) is 7.40. The minimum absolute atomic E-state index is 0.929. The molecule has 0 fully saturated rings. The Balaban J connectivity index is 1.85. The van der Waals surface area contributed by atoms with Crippen LogP contribution in [0.15, 0.2) is 41.8 Å². The third-order valence-corrected chi connectivity index (χ3v) is 4.54. The first kappa shape index (κ1) is 14.8. The van der Waals surface area contributed by atoms with E-state index in [4.69, 9.17) is 4.98 Å². The number of aromatic nitrogens is 1. The molecule has 3 rings (SSSR count). The Labute approximate surface area is 135 Å². The molecule has 1 N–H and O–H groups in total. The predicted octanol–water partition coefficient (Wildman–Crippen LogP) is 5.79. The fourth-order valence-corrected chi connectivity index (χ4v) is 3.27. The molecule has 112 valence electrons. The molecule has 3 aromatic rings. The van der Waals surface area contributed by atoms with Crippen LogP contribution in [-0.4, -0.2) is 4.98 Å². The third-order valence-electron chi connectivity index (χ3n) is 3.78. The smallest absolute Gasteiger partial charge is 0.187 e. The molecule has 0 unspecified atom stereocenters. The maximum absolute atomic E-state index is 4.71. The van der Waals surface area contributed by atoms with E-state index < -0.39 is 0 Å². The van der Waals surface area contributed by atoms with Crippen LogP contribution in [0.1, 0.15) is 22.3 Å². The van der Waals surface area contributed by atoms with Crippen molar-refractivity contribution in [2.24, 2.45) is 0 Å². The standard InChI is InChI=1S/C19H20N2S/c1-12-7-13(2)9-17(8-12)20-19-21-18(11-22-19)16-6-5-14(3)15(4)10-16/h5-11H,1-4H3,(H,20,21). The van der Waals surface area contributed by atoms with Gasteiger partial charge in [-0.25, -0.2) is 4.98 Å². The van der Waals surface area contributed by atoms with E-state index in [-0.39, 0.29) is 0 Å². The van der Waals surface area contributed by atoms with Gasteiger partial charge in [0, 0.05) is 16.6 Å². The molecule has 0 aliphatic carbocycles. The summed E-state index contributed by atoms with van der Waals surface area (Å²) in [6.45, 7) is 8.49. The molecule has 0 spiro atoms. The normalized spacial score (nSPS) is 10.7. The second kappa shape index (κ2) is 5.93. The highest BCUT2D eigenvalue weighted by molar-refractivity contribution is 7.14. The molecule has 0 amide bonds. The highest BCUT2D eigenvalue weighted by Gasteiger charge is 2.06. The molecule has 1 aromatic heterocycles. The van der Waals surface area contributed by atoms with Gasteiger partial charge in [0.25, 0.3) is 0 Å². The lowest BCUT2D eigenvalue weighted by Crippen LogP contribution is -1.91. The van der Waals surface area contributed by atoms with Gasteiger partial charge >= 0.3 is 0 Å². The lowest BCUT2D eigenvalue weighted by molar-refractivity contribution is 1.32. The monoisotopic (exact) mass is 308 g/mol. The van der Waals surface area contributed by atoms with Gasteiger partial charge in [-0.2, -0.15) is 0 Å². The molecule has 2 nitrogen and oxygen atoms in total. The summed E-state index contributed by atoms with van der Waals surface area (Å²) in [6.07, 6.45) is 0. The molecular weight excluding hydrogens is 288 g/mol. The summed E-state index contributed by atoms with van der Waals surface area (Å²) in [5.41, 5.74) is 8.43. The van der Waals surface area contributed by atoms with E-state index in [2.05, 4.69) is 74.8 Å². The quantitative estimate of drug-likeness (QED) is 0.662. The third kappa shape index (κ3) is 3.20. The Bertz CT molecular complexity index is 798. The van der Waals surface area contributed by atoms with E-state index in [0.717, 1.165) is 16.5 Å². The van der Waals surface area contributed by atoms with Crippen molar-refractivity contribution in [3.8, 4) is 11.3 Å². The number of hydrogen-bond donors (Lipinski definition) is 1. The second-order valence-electron chi connectivity index (χ2n) is 5.84. The first-order valence-corrected chi connectivity index (χ1v) is 8.28. The van der Waals surface area contributed by atoms with E-state index in [0.29, 0.717) is 0 Å². The van der Waals surface area contributed by atoms with Gasteiger partial charge in [-0.1, -0.05) is 18.2 Å². The minimum Gasteiger partial charge on any atom is -0.332 e. The molecule has 0 radical (unpaired) electrons. The van der Waals surface area contributed by atoms with Crippen LogP contribution in [0.3, 0.4) is 0 Å². The molecule has 3 heteroatoms. The van der Waals surface area contributed by atoms with Crippen molar-refractivity contribution in [2.75, 3.05) is 5.32 Å². The summed E-state index contributed by atoms with van der Waals surface area (Å²) in [7, 11) is 0. The number of anilines is 2. The summed E-state index contributed by atoms with van der Waals surface area (Å²) in [5.74, 6) is 0. The lowest BCUT2D eigenvalue weighted by atomic mass is 10.1. The number of rotatable bonds is 3. The van der Waals surface area contributed by atoms with Crippen molar-refractivity contribution in [3.05, 3.63) is 64.0 Å². The summed E-state index contributed by atoms with van der Waals surface area (Å²) >= 11 is 1.64. The van der Waals surface area contributed by atoms with Crippen LogP contribution in [-0.2, 0) is 0 Å². The fraction of sp³-hybridized carbons (Fsp3) is 0.211. The largest absolute Gasteiger partial charge is 0.332 e. The minimum atomic E-state index is 0.929. The maximum atomic E-state index is 4.71. The number of nitrogens with zero attached hydrogens (tertiary/aromatic N) is 1. The van der Waals surface area contributed by atoms with Crippen LogP contribution in [0, 0.1) is 27.7 Å². The number of hydrogen-bond acceptors (Lipinski definition) is 3. The van der Waals surface area contributed by atoms with Crippen LogP contribution < -0.4 is 5.32 Å². The van der Waals surface area contributed by atoms with Gasteiger partial charge in [-0.3, -0.25) is 0 Å². The average Bonchev–Trinajstić information content (AvgIpc) is 2.89. The summed E-state index contributed by atoms with van der Waals surface area (Å²) < 4.78 is 0. The zero-order valence-electron chi connectivity index (χ0n) is 13.4. The Morgan fingerprint density at radius 2 is 1.59 bits per heavy atom. The van der Waals surface area contributed by atoms with E-state index in [1.54, 1.807) is 11.3 Å². The zero-order chi connectivity index (χ0) is 15.7. The van der Waals surface area contributed by atoms with Crippen LogP contribution >= 0.6 is 11.3 Å². The van der Waals surface area contributed by atoms with E-state index >= 15 is 0 Å². The number of benzene rings is 2. The number of nitrogens with one attached hydrogen (secondary N) is 1. The zero-order valence-corrected chi connectivity index (χ0v) is 14.2. The highest BCUT2D eigenvalue weighted by Crippen LogP contribution is 2.28. The van der Waals surface area contributed by atoms with Crippen LogP contribution in [0.25, 0.3) is 11.3 Å². The molecule has 0 aliphatic heterocycles. The Hall–Kier alpha value is -2.13. The SMILES string of the molecule is Cc1cc(C)cc(Nc2nc(-c3ccc(C)c(C)c3)cs2)c1. The van der Waals surface area contributed by atoms with Crippen molar-refractivity contribution in [1.29, 1.82) is 0 Å². The first-order chi connectivity index (χ1) is 10.5. The van der Waals surface area contributed by atoms with Gasteiger partial charge in [0.15, 0.2) is 5.13 Å². The molecular formula is C19H20N2S. The molecule has 0 saturated heterocycles. The molecule has 22 heavy (non-hydrogen) atoms. The number of aryl methyl sites for hydroxylation is 4. The van der Waals surface area contributed by atoms with Gasteiger partial charge in [-0.05, 0) is 68.1 Å². The Kier molecular flexibility index (Phi) is 3.99. The van der Waals surface area contributed by atoms with Crippen molar-refractivity contribution < 1.29 is 0 Å². The molecule has 0 bridgehead atoms. The van der Waals surface area contributed by atoms with Crippen molar-refractivity contribution in [3.63, 3.8) is 0 Å². The highest BCUT2D eigenvalue weighted by atomic mass is 32.1. The van der Waals surface area contributed by atoms with E-state index in [1.807, 2.05) is 0 Å². The van der Waals surface area contributed by atoms with Crippen molar-refractivity contribution in [2.45, 2.75) is 27.7 Å². The number of thiazole rings is 1. The molecule has 0 saturated carbocycles. The lowest BCUT2D eigenvalue weighted by Gasteiger charge is -2.06. The topological polar surface area (TPSA) is 24.9 Å². The van der Waals surface area contributed by atoms with E-state index in [1.165, 1.54) is 27.8 Å². The van der Waals surface area contributed by atoms with E-state index in [9.17, 15) is 0 Å². The van der Waals surface area contributed by atoms with Crippen molar-refractivity contribution >= 4 is 22.2 Å². The average molecular weight is 308 g/mol. The Morgan fingerprint density at radius 1 is 0.864 bits per heavy atom. The second-order valence-corrected chi connectivity index (χ2v) is 6.70. The Morgan fingerprint density at radius 3 is 2.27 bits per heavy atom. The fourth-order valence-electron chi connectivity index (χ4n) is 2.53. The summed E-state index contributed by atoms with van der Waals surface area (Å²) in [4.78, 5) is 4.71. The maximum Gasteiger partial charge on any atom is 0.187 e. The van der Waals surface area contributed by atoms with Gasteiger partial charge in [-0.15, -0.1) is 11.3 Å². The van der Waals surface area contributed by atoms with Crippen LogP contribution in [0.4, 0.5) is 10.8 Å². The van der Waals surface area contributed by atoms with Gasteiger partial charge < -0.3 is 5.32 Å². The molecule has 0 aliphatic rings. The summed E-state index contributed by atoms with van der Waals surface area (Å²) in [6, 6.07) is 13.0. The summed E-state index contributed by atoms with van der Waals surface area (Å²) in [5, 5.41) is 6.44. The van der Waals surface area contributed by atoms with Crippen molar-refractivity contribution in [1.82, 2.24) is 4.98 Å². The predicted molar refractivity (Wildman–Crippen MR) is 96.2 cm³/mol. The van der Waals surface area contributed by atoms with Gasteiger partial charge in [0.2, 0.25) is 0 Å². The molecule has 0 atom stereocenters. The van der Waals surface area contributed by atoms with Gasteiger partial charge in [0.1, 0.15) is 0 Å². The van der Waals surface area contributed by atoms with Crippen LogP contribution in [0.2, 0.25) is 0 Å². The van der Waals surface area contributed by atoms with Crippen LogP contribution in [0.5, 0.6) is 0 Å². The van der Waals surface area contributed by atoms with Gasteiger partial charge in [0.05, 0.1) is 5.69 Å².